The standard InChI is InChI=1S/C9H10OS.C7H8/c1-7-4-2-3-5-8(7)9(10)6-11;1-7-5-3-2-4-6-7/h2-5,11H,6H2,1H3;2-6H,1H3. The normalized spacial score (nSPS) is 9.28. The van der Waals surface area contributed by atoms with E-state index in [2.05, 4.69) is 31.7 Å². The number of benzene rings is 2. The molecule has 18 heavy (non-hydrogen) atoms. The van der Waals surface area contributed by atoms with Gasteiger partial charge in [0.2, 0.25) is 0 Å². The van der Waals surface area contributed by atoms with Crippen molar-refractivity contribution < 1.29 is 4.79 Å². The van der Waals surface area contributed by atoms with Crippen molar-refractivity contribution >= 4 is 18.4 Å². The Morgan fingerprint density at radius 3 is 1.94 bits per heavy atom. The lowest BCUT2D eigenvalue weighted by molar-refractivity contribution is 0.102. The van der Waals surface area contributed by atoms with Gasteiger partial charge in [0.1, 0.15) is 0 Å². The molecule has 0 aromatic heterocycles. The third-order valence-corrected chi connectivity index (χ3v) is 2.82. The summed E-state index contributed by atoms with van der Waals surface area (Å²) in [5.41, 5.74) is 3.12. The molecule has 0 saturated carbocycles. The summed E-state index contributed by atoms with van der Waals surface area (Å²) >= 11 is 3.92. The molecule has 0 aliphatic rings. The molecule has 2 rings (SSSR count). The van der Waals surface area contributed by atoms with Crippen LogP contribution in [0.1, 0.15) is 21.5 Å². The van der Waals surface area contributed by atoms with Crippen molar-refractivity contribution in [3.63, 3.8) is 0 Å². The molecular formula is C16H18OS. The number of carbonyl (C=O) groups is 1. The van der Waals surface area contributed by atoms with Gasteiger partial charge in [0.25, 0.3) is 0 Å². The quantitative estimate of drug-likeness (QED) is 0.634. The first-order valence-electron chi connectivity index (χ1n) is 5.86. The highest BCUT2D eigenvalue weighted by Gasteiger charge is 2.04. The number of aryl methyl sites for hydroxylation is 2. The van der Waals surface area contributed by atoms with Gasteiger partial charge in [-0.3, -0.25) is 4.79 Å². The molecule has 0 saturated heterocycles. The number of carbonyl (C=O) groups excluding carboxylic acids is 1. The molecule has 0 radical (unpaired) electrons. The van der Waals surface area contributed by atoms with Crippen LogP contribution in [0.2, 0.25) is 0 Å². The Kier molecular flexibility index (Phi) is 6.23. The van der Waals surface area contributed by atoms with Gasteiger partial charge in [0, 0.05) is 5.56 Å². The predicted octanol–water partition coefficient (Wildman–Crippen LogP) is 4.10. The highest BCUT2D eigenvalue weighted by atomic mass is 32.1. The van der Waals surface area contributed by atoms with E-state index in [-0.39, 0.29) is 11.5 Å². The van der Waals surface area contributed by atoms with Gasteiger partial charge < -0.3 is 0 Å². The summed E-state index contributed by atoms with van der Waals surface area (Å²) in [6.07, 6.45) is 0. The number of hydrogen-bond acceptors (Lipinski definition) is 2. The fraction of sp³-hybridized carbons (Fsp3) is 0.188. The Morgan fingerprint density at radius 2 is 1.50 bits per heavy atom. The summed E-state index contributed by atoms with van der Waals surface area (Å²) in [4.78, 5) is 11.2. The summed E-state index contributed by atoms with van der Waals surface area (Å²) in [5, 5.41) is 0. The molecule has 0 heterocycles. The lowest BCUT2D eigenvalue weighted by Crippen LogP contribution is -2.01. The average Bonchev–Trinajstić information content (AvgIpc) is 2.40. The Labute approximate surface area is 114 Å². The highest BCUT2D eigenvalue weighted by molar-refractivity contribution is 7.81. The van der Waals surface area contributed by atoms with Gasteiger partial charge in [-0.2, -0.15) is 12.6 Å². The van der Waals surface area contributed by atoms with Crippen LogP contribution in [0.5, 0.6) is 0 Å². The van der Waals surface area contributed by atoms with Gasteiger partial charge in [0.05, 0.1) is 5.75 Å². The average molecular weight is 258 g/mol. The van der Waals surface area contributed by atoms with Crippen molar-refractivity contribution in [2.75, 3.05) is 5.75 Å². The van der Waals surface area contributed by atoms with Crippen LogP contribution in [-0.4, -0.2) is 11.5 Å². The lowest BCUT2D eigenvalue weighted by Gasteiger charge is -2.00. The van der Waals surface area contributed by atoms with E-state index in [0.29, 0.717) is 0 Å². The van der Waals surface area contributed by atoms with Crippen molar-refractivity contribution in [3.8, 4) is 0 Å². The second-order valence-corrected chi connectivity index (χ2v) is 4.37. The van der Waals surface area contributed by atoms with Crippen LogP contribution >= 0.6 is 12.6 Å². The van der Waals surface area contributed by atoms with E-state index in [4.69, 9.17) is 0 Å². The molecular weight excluding hydrogens is 240 g/mol. The maximum atomic E-state index is 11.2. The number of hydrogen-bond donors (Lipinski definition) is 1. The van der Waals surface area contributed by atoms with Crippen molar-refractivity contribution in [3.05, 3.63) is 71.3 Å². The zero-order valence-corrected chi connectivity index (χ0v) is 11.7. The van der Waals surface area contributed by atoms with E-state index in [1.165, 1.54) is 5.56 Å². The Morgan fingerprint density at radius 1 is 0.944 bits per heavy atom. The van der Waals surface area contributed by atoms with Gasteiger partial charge >= 0.3 is 0 Å². The molecule has 0 amide bonds. The molecule has 0 aliphatic heterocycles. The second kappa shape index (κ2) is 7.72. The highest BCUT2D eigenvalue weighted by Crippen LogP contribution is 2.07. The zero-order valence-electron chi connectivity index (χ0n) is 10.8. The van der Waals surface area contributed by atoms with E-state index in [1.807, 2.05) is 49.4 Å². The topological polar surface area (TPSA) is 17.1 Å². The number of rotatable bonds is 2. The third kappa shape index (κ3) is 4.76. The SMILES string of the molecule is Cc1ccccc1.Cc1ccccc1C(=O)CS. The van der Waals surface area contributed by atoms with Crippen LogP contribution in [0.25, 0.3) is 0 Å². The first-order chi connectivity index (χ1) is 8.65. The van der Waals surface area contributed by atoms with E-state index in [1.54, 1.807) is 0 Å². The van der Waals surface area contributed by atoms with Crippen LogP contribution in [0.3, 0.4) is 0 Å². The van der Waals surface area contributed by atoms with Gasteiger partial charge in [-0.25, -0.2) is 0 Å². The summed E-state index contributed by atoms with van der Waals surface area (Å²) in [5.74, 6) is 0.372. The Bertz CT molecular complexity index is 491. The monoisotopic (exact) mass is 258 g/mol. The summed E-state index contributed by atoms with van der Waals surface area (Å²) in [6.45, 7) is 4.01. The van der Waals surface area contributed by atoms with Crippen LogP contribution < -0.4 is 0 Å². The summed E-state index contributed by atoms with van der Waals surface area (Å²) in [6, 6.07) is 17.8. The van der Waals surface area contributed by atoms with Gasteiger partial charge in [-0.1, -0.05) is 60.2 Å². The van der Waals surface area contributed by atoms with Gasteiger partial charge in [0.15, 0.2) is 5.78 Å². The van der Waals surface area contributed by atoms with Crippen LogP contribution in [-0.2, 0) is 0 Å². The van der Waals surface area contributed by atoms with E-state index < -0.39 is 0 Å². The largest absolute Gasteiger partial charge is 0.293 e. The maximum Gasteiger partial charge on any atom is 0.172 e. The number of thiol groups is 1. The fourth-order valence-corrected chi connectivity index (χ4v) is 1.68. The second-order valence-electron chi connectivity index (χ2n) is 4.05. The van der Waals surface area contributed by atoms with Crippen molar-refractivity contribution in [2.24, 2.45) is 0 Å². The molecule has 0 spiro atoms. The minimum atomic E-state index is 0.0893. The third-order valence-electron chi connectivity index (χ3n) is 2.53. The molecule has 0 bridgehead atoms. The summed E-state index contributed by atoms with van der Waals surface area (Å²) in [7, 11) is 0. The lowest BCUT2D eigenvalue weighted by atomic mass is 10.1. The number of ketones is 1. The molecule has 0 unspecified atom stereocenters. The molecule has 0 fully saturated rings. The minimum Gasteiger partial charge on any atom is -0.293 e. The molecule has 0 aliphatic carbocycles. The van der Waals surface area contributed by atoms with Crippen molar-refractivity contribution in [2.45, 2.75) is 13.8 Å². The first-order valence-corrected chi connectivity index (χ1v) is 6.49. The van der Waals surface area contributed by atoms with E-state index in [9.17, 15) is 4.79 Å². The van der Waals surface area contributed by atoms with Crippen molar-refractivity contribution in [1.82, 2.24) is 0 Å². The fourth-order valence-electron chi connectivity index (χ4n) is 1.51. The first kappa shape index (κ1) is 14.5. The van der Waals surface area contributed by atoms with Crippen molar-refractivity contribution in [1.29, 1.82) is 0 Å². The molecule has 0 N–H and O–H groups in total. The van der Waals surface area contributed by atoms with Gasteiger partial charge in [-0.05, 0) is 19.4 Å². The maximum absolute atomic E-state index is 11.2. The summed E-state index contributed by atoms with van der Waals surface area (Å²) < 4.78 is 0. The molecule has 94 valence electrons. The molecule has 1 nitrogen and oxygen atoms in total. The minimum absolute atomic E-state index is 0.0893. The Hall–Kier alpha value is -1.54. The van der Waals surface area contributed by atoms with Crippen LogP contribution in [0.4, 0.5) is 0 Å². The molecule has 2 heteroatoms. The van der Waals surface area contributed by atoms with Crippen LogP contribution in [0.15, 0.2) is 54.6 Å². The zero-order chi connectivity index (χ0) is 13.4. The smallest absolute Gasteiger partial charge is 0.172 e. The van der Waals surface area contributed by atoms with E-state index >= 15 is 0 Å². The predicted molar refractivity (Wildman–Crippen MR) is 80.5 cm³/mol. The molecule has 2 aromatic carbocycles. The van der Waals surface area contributed by atoms with Crippen LogP contribution in [0, 0.1) is 13.8 Å². The molecule has 0 atom stereocenters. The van der Waals surface area contributed by atoms with E-state index in [0.717, 1.165) is 11.1 Å². The Balaban J connectivity index is 0.000000199. The number of Topliss-reactive ketones (excluding diaryl/α,β-unsaturated/α-hetero) is 1. The molecule has 2 aromatic rings. The van der Waals surface area contributed by atoms with Gasteiger partial charge in [-0.15, -0.1) is 0 Å².